The lowest BCUT2D eigenvalue weighted by Gasteiger charge is -2.16. The van der Waals surface area contributed by atoms with E-state index in [0.29, 0.717) is 11.4 Å². The number of hydrogen-bond acceptors (Lipinski definition) is 7. The van der Waals surface area contributed by atoms with Gasteiger partial charge in [-0.05, 0) is 31.2 Å². The van der Waals surface area contributed by atoms with E-state index in [2.05, 4.69) is 10.1 Å². The first-order chi connectivity index (χ1) is 14.3. The third-order valence-electron chi connectivity index (χ3n) is 4.32. The van der Waals surface area contributed by atoms with Crippen molar-refractivity contribution in [3.8, 4) is 5.75 Å². The number of Topliss-reactive ketones (excluding diaryl/α,β-unsaturated/α-hetero) is 1. The Bertz CT molecular complexity index is 1130. The number of hydrogen-bond donors (Lipinski definition) is 0. The molecule has 0 saturated heterocycles. The highest BCUT2D eigenvalue weighted by Crippen LogP contribution is 2.18. The molecule has 0 spiro atoms. The van der Waals surface area contributed by atoms with Gasteiger partial charge in [-0.15, -0.1) is 0 Å². The van der Waals surface area contributed by atoms with Crippen LogP contribution in [0.3, 0.4) is 0 Å². The Morgan fingerprint density at radius 1 is 1.17 bits per heavy atom. The largest absolute Gasteiger partial charge is 0.481 e. The average Bonchev–Trinajstić information content (AvgIpc) is 3.19. The first kappa shape index (κ1) is 21.6. The van der Waals surface area contributed by atoms with Crippen molar-refractivity contribution in [2.24, 2.45) is 0 Å². The zero-order valence-corrected chi connectivity index (χ0v) is 17.2. The molecule has 158 valence electrons. The fourth-order valence-electron chi connectivity index (χ4n) is 2.57. The maximum atomic E-state index is 13.5. The minimum Gasteiger partial charge on any atom is -0.481 e. The lowest BCUT2D eigenvalue weighted by Crippen LogP contribution is -2.29. The topological polar surface area (TPSA) is 103 Å². The molecular weight excluding hydrogens is 413 g/mol. The number of ketones is 1. The van der Waals surface area contributed by atoms with Gasteiger partial charge in [-0.25, -0.2) is 17.1 Å². The highest BCUT2D eigenvalue weighted by molar-refractivity contribution is 7.89. The van der Waals surface area contributed by atoms with Crippen molar-refractivity contribution in [2.75, 3.05) is 13.6 Å². The first-order valence-electron chi connectivity index (χ1n) is 9.03. The van der Waals surface area contributed by atoms with Crippen LogP contribution in [0, 0.1) is 5.82 Å². The Kier molecular flexibility index (Phi) is 6.58. The zero-order chi connectivity index (χ0) is 21.7. The lowest BCUT2D eigenvalue weighted by molar-refractivity contribution is 0.101. The van der Waals surface area contributed by atoms with Crippen molar-refractivity contribution < 1.29 is 26.9 Å². The van der Waals surface area contributed by atoms with Gasteiger partial charge < -0.3 is 9.26 Å². The Labute approximate surface area is 173 Å². The summed E-state index contributed by atoms with van der Waals surface area (Å²) >= 11 is 0. The molecule has 0 amide bonds. The van der Waals surface area contributed by atoms with Crippen LogP contribution in [0.15, 0.2) is 57.9 Å². The van der Waals surface area contributed by atoms with Gasteiger partial charge in [0.25, 0.3) is 5.89 Å². The highest BCUT2D eigenvalue weighted by Gasteiger charge is 2.21. The van der Waals surface area contributed by atoms with Crippen LogP contribution in [-0.4, -0.2) is 42.2 Å². The molecule has 0 N–H and O–H groups in total. The summed E-state index contributed by atoms with van der Waals surface area (Å²) in [7, 11) is -2.29. The molecule has 2 aromatic carbocycles. The van der Waals surface area contributed by atoms with E-state index in [4.69, 9.17) is 9.26 Å². The molecule has 0 atom stereocenters. The molecule has 0 saturated carbocycles. The van der Waals surface area contributed by atoms with Crippen LogP contribution in [0.5, 0.6) is 5.75 Å². The molecule has 0 radical (unpaired) electrons. The second-order valence-electron chi connectivity index (χ2n) is 6.48. The van der Waals surface area contributed by atoms with Crippen molar-refractivity contribution >= 4 is 15.8 Å². The van der Waals surface area contributed by atoms with Crippen LogP contribution in [0.25, 0.3) is 0 Å². The molecule has 0 bridgehead atoms. The van der Waals surface area contributed by atoms with Gasteiger partial charge in [0.2, 0.25) is 10.0 Å². The van der Waals surface area contributed by atoms with Gasteiger partial charge in [-0.3, -0.25) is 4.79 Å². The van der Waals surface area contributed by atoms with Crippen LogP contribution in [0.2, 0.25) is 0 Å². The summed E-state index contributed by atoms with van der Waals surface area (Å²) in [6.45, 7) is 1.42. The lowest BCUT2D eigenvalue weighted by atomic mass is 10.2. The van der Waals surface area contributed by atoms with Gasteiger partial charge in [0.05, 0.1) is 4.90 Å². The number of carbonyl (C=O) groups is 1. The molecule has 0 aliphatic carbocycles. The molecule has 1 heterocycles. The third kappa shape index (κ3) is 5.08. The molecule has 8 nitrogen and oxygen atoms in total. The summed E-state index contributed by atoms with van der Waals surface area (Å²) in [5.41, 5.74) is 0.438. The molecule has 0 aliphatic heterocycles. The Morgan fingerprint density at radius 3 is 2.53 bits per heavy atom. The summed E-state index contributed by atoms with van der Waals surface area (Å²) in [5, 5.41) is 3.79. The van der Waals surface area contributed by atoms with Gasteiger partial charge in [0.1, 0.15) is 0 Å². The van der Waals surface area contributed by atoms with E-state index in [1.165, 1.54) is 54.7 Å². The van der Waals surface area contributed by atoms with Crippen molar-refractivity contribution in [1.82, 2.24) is 14.4 Å². The van der Waals surface area contributed by atoms with Crippen LogP contribution in [0.1, 0.15) is 29.0 Å². The number of rotatable bonds is 9. The zero-order valence-electron chi connectivity index (χ0n) is 16.4. The van der Waals surface area contributed by atoms with Crippen molar-refractivity contribution in [3.63, 3.8) is 0 Å². The van der Waals surface area contributed by atoms with Crippen molar-refractivity contribution in [3.05, 3.63) is 71.6 Å². The molecule has 0 aliphatic rings. The van der Waals surface area contributed by atoms with Gasteiger partial charge >= 0.3 is 0 Å². The van der Waals surface area contributed by atoms with Crippen LogP contribution < -0.4 is 4.74 Å². The Balaban J connectivity index is 1.57. The number of ether oxygens (including phenoxy) is 1. The molecule has 3 rings (SSSR count). The van der Waals surface area contributed by atoms with E-state index in [0.717, 1.165) is 0 Å². The SMILES string of the molecule is CC(=O)c1ccc(S(=O)(=O)N(C)CCc2noc(COc3ccccc3F)n2)cc1. The number of sulfonamides is 1. The van der Waals surface area contributed by atoms with E-state index in [-0.39, 0.29) is 41.9 Å². The van der Waals surface area contributed by atoms with E-state index in [9.17, 15) is 17.6 Å². The van der Waals surface area contributed by atoms with Crippen LogP contribution >= 0.6 is 0 Å². The van der Waals surface area contributed by atoms with E-state index in [1.54, 1.807) is 12.1 Å². The minimum absolute atomic E-state index is 0.0684. The summed E-state index contributed by atoms with van der Waals surface area (Å²) in [5.74, 6) is -0.117. The highest BCUT2D eigenvalue weighted by atomic mass is 32.2. The molecule has 0 unspecified atom stereocenters. The van der Waals surface area contributed by atoms with Gasteiger partial charge in [0.15, 0.2) is 29.8 Å². The fraction of sp³-hybridized carbons (Fsp3) is 0.250. The maximum Gasteiger partial charge on any atom is 0.264 e. The van der Waals surface area contributed by atoms with Crippen LogP contribution in [-0.2, 0) is 23.1 Å². The Hall–Kier alpha value is -3.11. The van der Waals surface area contributed by atoms with Crippen LogP contribution in [0.4, 0.5) is 4.39 Å². The Morgan fingerprint density at radius 2 is 1.87 bits per heavy atom. The molecule has 30 heavy (non-hydrogen) atoms. The third-order valence-corrected chi connectivity index (χ3v) is 6.19. The molecule has 0 fully saturated rings. The summed E-state index contributed by atoms with van der Waals surface area (Å²) in [6, 6.07) is 11.7. The summed E-state index contributed by atoms with van der Waals surface area (Å²) in [4.78, 5) is 15.5. The molecule has 1 aromatic heterocycles. The minimum atomic E-state index is -3.73. The summed E-state index contributed by atoms with van der Waals surface area (Å²) in [6.07, 6.45) is 0.213. The normalized spacial score (nSPS) is 11.6. The van der Waals surface area contributed by atoms with E-state index < -0.39 is 15.8 Å². The van der Waals surface area contributed by atoms with Gasteiger partial charge in [-0.1, -0.05) is 29.4 Å². The maximum absolute atomic E-state index is 13.5. The average molecular weight is 433 g/mol. The second kappa shape index (κ2) is 9.14. The predicted molar refractivity (Wildman–Crippen MR) is 105 cm³/mol. The molecular formula is C20H20FN3O5S. The molecule has 3 aromatic rings. The number of para-hydroxylation sites is 1. The van der Waals surface area contributed by atoms with Gasteiger partial charge in [0, 0.05) is 25.6 Å². The quantitative estimate of drug-likeness (QED) is 0.478. The number of nitrogens with zero attached hydrogens (tertiary/aromatic N) is 3. The fourth-order valence-corrected chi connectivity index (χ4v) is 3.74. The van der Waals surface area contributed by atoms with Crippen molar-refractivity contribution in [2.45, 2.75) is 24.8 Å². The molecule has 10 heteroatoms. The van der Waals surface area contributed by atoms with E-state index in [1.807, 2.05) is 0 Å². The number of aromatic nitrogens is 2. The number of carbonyl (C=O) groups excluding carboxylic acids is 1. The standard InChI is InChI=1S/C20H20FN3O5S/c1-14(25)15-7-9-16(10-8-15)30(26,27)24(2)12-11-19-22-20(29-23-19)13-28-18-6-4-3-5-17(18)21/h3-10H,11-13H2,1-2H3. The smallest absolute Gasteiger partial charge is 0.264 e. The summed E-state index contributed by atoms with van der Waals surface area (Å²) < 4.78 is 50.4. The predicted octanol–water partition coefficient (Wildman–Crippen LogP) is 2.85. The number of likely N-dealkylation sites (N-methyl/N-ethyl adjacent to an activating group) is 1. The monoisotopic (exact) mass is 433 g/mol. The second-order valence-corrected chi connectivity index (χ2v) is 8.53. The van der Waals surface area contributed by atoms with Gasteiger partial charge in [-0.2, -0.15) is 4.98 Å². The van der Waals surface area contributed by atoms with Crippen molar-refractivity contribution in [1.29, 1.82) is 0 Å². The number of halogens is 1. The van der Waals surface area contributed by atoms with E-state index >= 15 is 0 Å². The number of benzene rings is 2. The first-order valence-corrected chi connectivity index (χ1v) is 10.5.